The highest BCUT2D eigenvalue weighted by molar-refractivity contribution is 6.30. The fourth-order valence-electron chi connectivity index (χ4n) is 1.59. The maximum atomic E-state index is 11.8. The van der Waals surface area contributed by atoms with Crippen LogP contribution in [0.15, 0.2) is 24.3 Å². The quantitative estimate of drug-likeness (QED) is 0.840. The summed E-state index contributed by atoms with van der Waals surface area (Å²) in [6, 6.07) is 6.97. The van der Waals surface area contributed by atoms with Crippen LogP contribution in [0.5, 0.6) is 5.75 Å². The summed E-state index contributed by atoms with van der Waals surface area (Å²) in [5.74, 6) is 0.622. The molecule has 0 atom stereocenters. The van der Waals surface area contributed by atoms with Gasteiger partial charge in [-0.25, -0.2) is 0 Å². The highest BCUT2D eigenvalue weighted by Gasteiger charge is 2.17. The Morgan fingerprint density at radius 1 is 1.28 bits per heavy atom. The third-order valence-electron chi connectivity index (χ3n) is 2.31. The maximum absolute atomic E-state index is 11.8. The van der Waals surface area contributed by atoms with E-state index in [2.05, 4.69) is 20.8 Å². The first-order chi connectivity index (χ1) is 8.28. The van der Waals surface area contributed by atoms with Gasteiger partial charge in [-0.05, 0) is 29.7 Å². The fourth-order valence-corrected chi connectivity index (χ4v) is 1.71. The molecule has 0 aliphatic heterocycles. The molecule has 0 saturated heterocycles. The number of halogens is 1. The normalized spacial score (nSPS) is 11.2. The van der Waals surface area contributed by atoms with Crippen molar-refractivity contribution in [3.8, 4) is 5.75 Å². The number of hydrogen-bond acceptors (Lipinski definition) is 2. The van der Waals surface area contributed by atoms with Crippen molar-refractivity contribution >= 4 is 17.5 Å². The van der Waals surface area contributed by atoms with E-state index in [0.29, 0.717) is 17.3 Å². The molecule has 0 saturated carbocycles. The number of ether oxygens (including phenoxy) is 1. The largest absolute Gasteiger partial charge is 0.484 e. The van der Waals surface area contributed by atoms with Crippen molar-refractivity contribution in [1.82, 2.24) is 4.90 Å². The van der Waals surface area contributed by atoms with E-state index in [1.807, 2.05) is 0 Å². The zero-order chi connectivity index (χ0) is 13.8. The molecular formula is C14H20ClNO2. The van der Waals surface area contributed by atoms with Crippen LogP contribution < -0.4 is 4.74 Å². The van der Waals surface area contributed by atoms with E-state index >= 15 is 0 Å². The lowest BCUT2D eigenvalue weighted by Crippen LogP contribution is -2.37. The van der Waals surface area contributed by atoms with Crippen LogP contribution in [0.4, 0.5) is 0 Å². The van der Waals surface area contributed by atoms with Crippen LogP contribution in [0.1, 0.15) is 20.8 Å². The third-order valence-corrected chi connectivity index (χ3v) is 2.57. The van der Waals surface area contributed by atoms with E-state index in [1.165, 1.54) is 0 Å². The lowest BCUT2D eigenvalue weighted by molar-refractivity contribution is -0.133. The van der Waals surface area contributed by atoms with Gasteiger partial charge < -0.3 is 9.64 Å². The molecule has 0 N–H and O–H groups in total. The second kappa shape index (κ2) is 6.10. The van der Waals surface area contributed by atoms with Gasteiger partial charge in [-0.15, -0.1) is 0 Å². The molecule has 18 heavy (non-hydrogen) atoms. The maximum Gasteiger partial charge on any atom is 0.260 e. The van der Waals surface area contributed by atoms with Crippen LogP contribution in [-0.4, -0.2) is 31.0 Å². The summed E-state index contributed by atoms with van der Waals surface area (Å²) in [4.78, 5) is 13.5. The third kappa shape index (κ3) is 5.41. The fraction of sp³-hybridized carbons (Fsp3) is 0.500. The van der Waals surface area contributed by atoms with E-state index in [-0.39, 0.29) is 17.9 Å². The smallest absolute Gasteiger partial charge is 0.260 e. The van der Waals surface area contributed by atoms with Crippen molar-refractivity contribution in [3.63, 3.8) is 0 Å². The van der Waals surface area contributed by atoms with Crippen molar-refractivity contribution in [3.05, 3.63) is 29.3 Å². The Labute approximate surface area is 114 Å². The minimum atomic E-state index is -0.0279. The number of likely N-dealkylation sites (N-methyl/N-ethyl adjacent to an activating group) is 1. The predicted octanol–water partition coefficient (Wildman–Crippen LogP) is 3.22. The Hall–Kier alpha value is -1.22. The van der Waals surface area contributed by atoms with Gasteiger partial charge in [-0.1, -0.05) is 32.4 Å². The summed E-state index contributed by atoms with van der Waals surface area (Å²) >= 11 is 5.77. The first-order valence-corrected chi connectivity index (χ1v) is 6.28. The summed E-state index contributed by atoms with van der Waals surface area (Å²) < 4.78 is 5.41. The number of hydrogen-bond donors (Lipinski definition) is 0. The van der Waals surface area contributed by atoms with Crippen molar-refractivity contribution in [1.29, 1.82) is 0 Å². The number of amides is 1. The van der Waals surface area contributed by atoms with Crippen LogP contribution in [-0.2, 0) is 4.79 Å². The summed E-state index contributed by atoms with van der Waals surface area (Å²) in [6.45, 7) is 7.04. The number of carbonyl (C=O) groups excluding carboxylic acids is 1. The van der Waals surface area contributed by atoms with E-state index in [1.54, 1.807) is 36.2 Å². The predicted molar refractivity (Wildman–Crippen MR) is 74.0 cm³/mol. The van der Waals surface area contributed by atoms with E-state index in [0.717, 1.165) is 0 Å². The van der Waals surface area contributed by atoms with Crippen molar-refractivity contribution in [2.75, 3.05) is 20.2 Å². The Balaban J connectivity index is 2.43. The Morgan fingerprint density at radius 2 is 1.83 bits per heavy atom. The summed E-state index contributed by atoms with van der Waals surface area (Å²) in [5.41, 5.74) is 0.0880. The molecule has 0 aromatic heterocycles. The molecule has 100 valence electrons. The molecule has 0 radical (unpaired) electrons. The van der Waals surface area contributed by atoms with Crippen LogP contribution in [0.3, 0.4) is 0 Å². The van der Waals surface area contributed by atoms with Crippen molar-refractivity contribution in [2.45, 2.75) is 20.8 Å². The van der Waals surface area contributed by atoms with Gasteiger partial charge in [0.15, 0.2) is 6.61 Å². The standard InChI is InChI=1S/C14H20ClNO2/c1-14(2,3)10-16(4)13(17)9-18-12-7-5-11(15)6-8-12/h5-8H,9-10H2,1-4H3. The van der Waals surface area contributed by atoms with Gasteiger partial charge in [-0.3, -0.25) is 4.79 Å². The molecule has 0 aliphatic rings. The van der Waals surface area contributed by atoms with Crippen LogP contribution in [0, 0.1) is 5.41 Å². The molecule has 0 unspecified atom stereocenters. The molecular weight excluding hydrogens is 250 g/mol. The molecule has 0 heterocycles. The average molecular weight is 270 g/mol. The van der Waals surface area contributed by atoms with Crippen molar-refractivity contribution in [2.24, 2.45) is 5.41 Å². The highest BCUT2D eigenvalue weighted by Crippen LogP contribution is 2.16. The van der Waals surface area contributed by atoms with Gasteiger partial charge in [0.1, 0.15) is 5.75 Å². The van der Waals surface area contributed by atoms with Crippen LogP contribution >= 0.6 is 11.6 Å². The lowest BCUT2D eigenvalue weighted by atomic mass is 9.96. The van der Waals surface area contributed by atoms with Crippen LogP contribution in [0.25, 0.3) is 0 Å². The molecule has 1 rings (SSSR count). The van der Waals surface area contributed by atoms with Gasteiger partial charge in [0.2, 0.25) is 0 Å². The molecule has 3 nitrogen and oxygen atoms in total. The summed E-state index contributed by atoms with van der Waals surface area (Å²) in [5, 5.41) is 0.651. The summed E-state index contributed by atoms with van der Waals surface area (Å²) in [7, 11) is 1.79. The van der Waals surface area contributed by atoms with E-state index < -0.39 is 0 Å². The second-order valence-electron chi connectivity index (χ2n) is 5.55. The van der Waals surface area contributed by atoms with Gasteiger partial charge >= 0.3 is 0 Å². The molecule has 0 aliphatic carbocycles. The Bertz CT molecular complexity index is 395. The Morgan fingerprint density at radius 3 is 2.33 bits per heavy atom. The second-order valence-corrected chi connectivity index (χ2v) is 5.99. The molecule has 1 aromatic carbocycles. The monoisotopic (exact) mass is 269 g/mol. The van der Waals surface area contributed by atoms with Crippen molar-refractivity contribution < 1.29 is 9.53 Å². The number of benzene rings is 1. The van der Waals surface area contributed by atoms with Crippen LogP contribution in [0.2, 0.25) is 5.02 Å². The minimum Gasteiger partial charge on any atom is -0.484 e. The van der Waals surface area contributed by atoms with E-state index in [9.17, 15) is 4.79 Å². The first kappa shape index (κ1) is 14.8. The van der Waals surface area contributed by atoms with Gasteiger partial charge in [0.05, 0.1) is 0 Å². The molecule has 0 bridgehead atoms. The molecule has 0 spiro atoms. The number of rotatable bonds is 4. The zero-order valence-corrected chi connectivity index (χ0v) is 12.1. The zero-order valence-electron chi connectivity index (χ0n) is 11.4. The molecule has 1 aromatic rings. The molecule has 1 amide bonds. The number of nitrogens with zero attached hydrogens (tertiary/aromatic N) is 1. The highest BCUT2D eigenvalue weighted by atomic mass is 35.5. The Kier molecular flexibility index (Phi) is 5.03. The minimum absolute atomic E-state index is 0.0279. The SMILES string of the molecule is CN(CC(C)(C)C)C(=O)COc1ccc(Cl)cc1. The molecule has 0 fully saturated rings. The van der Waals surface area contributed by atoms with Gasteiger partial charge in [0.25, 0.3) is 5.91 Å². The summed E-state index contributed by atoms with van der Waals surface area (Å²) in [6.07, 6.45) is 0. The number of carbonyl (C=O) groups is 1. The average Bonchev–Trinajstić information content (AvgIpc) is 2.25. The molecule has 4 heteroatoms. The first-order valence-electron chi connectivity index (χ1n) is 5.90. The topological polar surface area (TPSA) is 29.5 Å². The van der Waals surface area contributed by atoms with Gasteiger partial charge in [0, 0.05) is 18.6 Å². The van der Waals surface area contributed by atoms with Gasteiger partial charge in [-0.2, -0.15) is 0 Å². The lowest BCUT2D eigenvalue weighted by Gasteiger charge is -2.26. The van der Waals surface area contributed by atoms with E-state index in [4.69, 9.17) is 16.3 Å².